The predicted molar refractivity (Wildman–Crippen MR) is 116 cm³/mol. The normalized spacial score (nSPS) is 16.1. The van der Waals surface area contributed by atoms with E-state index in [-0.39, 0.29) is 11.9 Å². The van der Waals surface area contributed by atoms with Gasteiger partial charge in [-0.15, -0.1) is 11.8 Å². The van der Waals surface area contributed by atoms with Crippen molar-refractivity contribution in [3.8, 4) is 0 Å². The molecule has 0 saturated carbocycles. The van der Waals surface area contributed by atoms with Gasteiger partial charge in [0.25, 0.3) is 0 Å². The van der Waals surface area contributed by atoms with E-state index in [0.717, 1.165) is 30.3 Å². The van der Waals surface area contributed by atoms with E-state index in [9.17, 15) is 4.79 Å². The third kappa shape index (κ3) is 6.03. The highest BCUT2D eigenvalue weighted by Crippen LogP contribution is 2.24. The van der Waals surface area contributed by atoms with Crippen LogP contribution in [0.15, 0.2) is 54.6 Å². The van der Waals surface area contributed by atoms with Crippen molar-refractivity contribution < 1.29 is 4.79 Å². The van der Waals surface area contributed by atoms with E-state index in [0.29, 0.717) is 5.75 Å². The first-order valence-electron chi connectivity index (χ1n) is 9.88. The van der Waals surface area contributed by atoms with Gasteiger partial charge in [-0.1, -0.05) is 49.4 Å². The predicted octanol–water partition coefficient (Wildman–Crippen LogP) is 5.03. The largest absolute Gasteiger partial charge is 0.372 e. The van der Waals surface area contributed by atoms with Crippen LogP contribution in [-0.4, -0.2) is 24.7 Å². The van der Waals surface area contributed by atoms with Crippen LogP contribution >= 0.6 is 11.8 Å². The van der Waals surface area contributed by atoms with Crippen LogP contribution in [-0.2, 0) is 10.5 Å². The van der Waals surface area contributed by atoms with Crippen molar-refractivity contribution in [2.75, 3.05) is 23.7 Å². The standard InChI is InChI=1S/C23H30N2OS/c1-18-12-14-25(15-13-18)22-10-8-21(9-11-22)19(2)24-23(26)17-27-16-20-6-4-3-5-7-20/h3-11,18-19H,12-17H2,1-2H3,(H,24,26)/t19-/m0/s1. The van der Waals surface area contributed by atoms with Crippen molar-refractivity contribution >= 4 is 23.4 Å². The van der Waals surface area contributed by atoms with Gasteiger partial charge in [-0.3, -0.25) is 4.79 Å². The number of hydrogen-bond acceptors (Lipinski definition) is 3. The van der Waals surface area contributed by atoms with E-state index < -0.39 is 0 Å². The Hall–Kier alpha value is -1.94. The van der Waals surface area contributed by atoms with E-state index in [2.05, 4.69) is 60.5 Å². The Morgan fingerprint density at radius 3 is 2.44 bits per heavy atom. The van der Waals surface area contributed by atoms with E-state index in [1.807, 2.05) is 18.2 Å². The van der Waals surface area contributed by atoms with Gasteiger partial charge in [0, 0.05) is 24.5 Å². The van der Waals surface area contributed by atoms with E-state index in [4.69, 9.17) is 0 Å². The summed E-state index contributed by atoms with van der Waals surface area (Å²) in [5.74, 6) is 2.29. The maximum absolute atomic E-state index is 12.2. The number of carbonyl (C=O) groups is 1. The lowest BCUT2D eigenvalue weighted by Gasteiger charge is -2.32. The summed E-state index contributed by atoms with van der Waals surface area (Å²) in [7, 11) is 0. The molecule has 3 nitrogen and oxygen atoms in total. The van der Waals surface area contributed by atoms with E-state index in [1.54, 1.807) is 11.8 Å². The number of rotatable bonds is 7. The number of nitrogens with zero attached hydrogens (tertiary/aromatic N) is 1. The maximum atomic E-state index is 12.2. The van der Waals surface area contributed by atoms with Gasteiger partial charge in [-0.2, -0.15) is 0 Å². The molecule has 0 unspecified atom stereocenters. The molecule has 0 bridgehead atoms. The number of piperidine rings is 1. The molecule has 4 heteroatoms. The molecule has 1 aliphatic rings. The van der Waals surface area contributed by atoms with Crippen molar-refractivity contribution in [1.29, 1.82) is 0 Å². The average molecular weight is 383 g/mol. The molecule has 1 aliphatic heterocycles. The Balaban J connectivity index is 1.44. The number of carbonyl (C=O) groups excluding carboxylic acids is 1. The fourth-order valence-electron chi connectivity index (χ4n) is 3.44. The molecule has 1 amide bonds. The number of anilines is 1. The number of thioether (sulfide) groups is 1. The summed E-state index contributed by atoms with van der Waals surface area (Å²) in [5, 5.41) is 3.11. The number of hydrogen-bond donors (Lipinski definition) is 1. The van der Waals surface area contributed by atoms with Crippen LogP contribution in [0, 0.1) is 5.92 Å². The van der Waals surface area contributed by atoms with Crippen molar-refractivity contribution in [3.05, 3.63) is 65.7 Å². The molecular weight excluding hydrogens is 352 g/mol. The van der Waals surface area contributed by atoms with Gasteiger partial charge in [0.05, 0.1) is 11.8 Å². The summed E-state index contributed by atoms with van der Waals surface area (Å²) >= 11 is 1.65. The Labute approximate surface area is 167 Å². The molecule has 1 heterocycles. The first kappa shape index (κ1) is 19.8. The van der Waals surface area contributed by atoms with Gasteiger partial charge in [-0.05, 0) is 48.9 Å². The van der Waals surface area contributed by atoms with Crippen LogP contribution in [0.25, 0.3) is 0 Å². The summed E-state index contributed by atoms with van der Waals surface area (Å²) in [6.45, 7) is 6.68. The number of nitrogens with one attached hydrogen (secondary N) is 1. The lowest BCUT2D eigenvalue weighted by molar-refractivity contribution is -0.119. The minimum absolute atomic E-state index is 0.0326. The van der Waals surface area contributed by atoms with Gasteiger partial charge in [0.2, 0.25) is 5.91 Å². The van der Waals surface area contributed by atoms with Crippen LogP contribution in [0.3, 0.4) is 0 Å². The van der Waals surface area contributed by atoms with Crippen LogP contribution < -0.4 is 10.2 Å². The Morgan fingerprint density at radius 1 is 1.11 bits per heavy atom. The monoisotopic (exact) mass is 382 g/mol. The molecule has 1 fully saturated rings. The summed E-state index contributed by atoms with van der Waals surface area (Å²) in [4.78, 5) is 14.7. The van der Waals surface area contributed by atoms with E-state index in [1.165, 1.54) is 24.1 Å². The lowest BCUT2D eigenvalue weighted by atomic mass is 9.98. The van der Waals surface area contributed by atoms with Crippen molar-refractivity contribution in [2.45, 2.75) is 38.5 Å². The molecule has 1 saturated heterocycles. The first-order valence-corrected chi connectivity index (χ1v) is 11.0. The minimum atomic E-state index is 0.0326. The molecule has 2 aromatic carbocycles. The SMILES string of the molecule is CC1CCN(c2ccc([C@H](C)NC(=O)CSCc3ccccc3)cc2)CC1. The molecule has 0 aliphatic carbocycles. The highest BCUT2D eigenvalue weighted by molar-refractivity contribution is 7.99. The molecule has 0 aromatic heterocycles. The zero-order chi connectivity index (χ0) is 19.1. The average Bonchev–Trinajstić information content (AvgIpc) is 2.69. The third-order valence-corrected chi connectivity index (χ3v) is 6.27. The maximum Gasteiger partial charge on any atom is 0.230 e. The molecular formula is C23H30N2OS. The number of benzene rings is 2. The molecule has 3 rings (SSSR count). The summed E-state index contributed by atoms with van der Waals surface area (Å²) in [5.41, 5.74) is 3.71. The third-order valence-electron chi connectivity index (χ3n) is 5.26. The quantitative estimate of drug-likeness (QED) is 0.729. The summed E-state index contributed by atoms with van der Waals surface area (Å²) < 4.78 is 0. The Morgan fingerprint density at radius 2 is 1.78 bits per heavy atom. The van der Waals surface area contributed by atoms with Gasteiger partial charge >= 0.3 is 0 Å². The molecule has 27 heavy (non-hydrogen) atoms. The van der Waals surface area contributed by atoms with Crippen LogP contribution in [0.4, 0.5) is 5.69 Å². The zero-order valence-electron chi connectivity index (χ0n) is 16.4. The van der Waals surface area contributed by atoms with Gasteiger partial charge in [0.15, 0.2) is 0 Å². The zero-order valence-corrected chi connectivity index (χ0v) is 17.2. The summed E-state index contributed by atoms with van der Waals surface area (Å²) in [6.07, 6.45) is 2.55. The van der Waals surface area contributed by atoms with Crippen molar-refractivity contribution in [3.63, 3.8) is 0 Å². The minimum Gasteiger partial charge on any atom is -0.372 e. The molecule has 0 spiro atoms. The van der Waals surface area contributed by atoms with Crippen molar-refractivity contribution in [1.82, 2.24) is 5.32 Å². The molecule has 2 aromatic rings. The van der Waals surface area contributed by atoms with Gasteiger partial charge < -0.3 is 10.2 Å². The lowest BCUT2D eigenvalue weighted by Crippen LogP contribution is -2.32. The topological polar surface area (TPSA) is 32.3 Å². The Bertz CT molecular complexity index is 709. The van der Waals surface area contributed by atoms with Crippen molar-refractivity contribution in [2.24, 2.45) is 5.92 Å². The molecule has 1 atom stereocenters. The van der Waals surface area contributed by atoms with Gasteiger partial charge in [-0.25, -0.2) is 0 Å². The second-order valence-corrected chi connectivity index (χ2v) is 8.51. The second kappa shape index (κ2) is 9.84. The smallest absolute Gasteiger partial charge is 0.230 e. The molecule has 144 valence electrons. The Kier molecular flexibility index (Phi) is 7.22. The van der Waals surface area contributed by atoms with Gasteiger partial charge in [0.1, 0.15) is 0 Å². The molecule has 1 N–H and O–H groups in total. The van der Waals surface area contributed by atoms with Crippen LogP contribution in [0.1, 0.15) is 43.9 Å². The summed E-state index contributed by atoms with van der Waals surface area (Å²) in [6, 6.07) is 19.0. The van der Waals surface area contributed by atoms with Crippen LogP contribution in [0.2, 0.25) is 0 Å². The fourth-order valence-corrected chi connectivity index (χ4v) is 4.24. The molecule has 0 radical (unpaired) electrons. The number of amides is 1. The van der Waals surface area contributed by atoms with Crippen LogP contribution in [0.5, 0.6) is 0 Å². The highest BCUT2D eigenvalue weighted by atomic mass is 32.2. The second-order valence-electron chi connectivity index (χ2n) is 7.53. The first-order chi connectivity index (χ1) is 13.1. The highest BCUT2D eigenvalue weighted by Gasteiger charge is 2.16. The fraction of sp³-hybridized carbons (Fsp3) is 0.435. The van der Waals surface area contributed by atoms with E-state index >= 15 is 0 Å².